The molecule has 1 aliphatic carbocycles. The van der Waals surface area contributed by atoms with Gasteiger partial charge in [0.1, 0.15) is 17.3 Å². The van der Waals surface area contributed by atoms with Gasteiger partial charge in [-0.3, -0.25) is 14.5 Å². The first-order valence-electron chi connectivity index (χ1n) is 12.5. The van der Waals surface area contributed by atoms with E-state index < -0.39 is 5.92 Å². The monoisotopic (exact) mass is 608 g/mol. The summed E-state index contributed by atoms with van der Waals surface area (Å²) in [6.07, 6.45) is 1.55. The Bertz CT molecular complexity index is 1610. The number of allylic oxidation sites excluding steroid dienone is 3. The van der Waals surface area contributed by atoms with Crippen LogP contribution in [0.2, 0.25) is 5.02 Å². The fourth-order valence-electron chi connectivity index (χ4n) is 4.89. The zero-order valence-electron chi connectivity index (χ0n) is 22.1. The lowest BCUT2D eigenvalue weighted by Gasteiger charge is -2.38. The highest BCUT2D eigenvalue weighted by Crippen LogP contribution is 2.49. The number of ether oxygens (including phenoxy) is 2. The van der Waals surface area contributed by atoms with Crippen molar-refractivity contribution in [3.05, 3.63) is 75.7 Å². The van der Waals surface area contributed by atoms with Crippen LogP contribution in [0.5, 0.6) is 11.5 Å². The molecule has 0 bridgehead atoms. The van der Waals surface area contributed by atoms with Gasteiger partial charge in [0.05, 0.1) is 37.5 Å². The van der Waals surface area contributed by atoms with Crippen molar-refractivity contribution in [2.24, 2.45) is 5.73 Å². The zero-order valence-corrected chi connectivity index (χ0v) is 24.5. The molecule has 1 aliphatic heterocycles. The molecule has 0 radical (unpaired) electrons. The second-order valence-electron chi connectivity index (χ2n) is 9.12. The number of nitriles is 1. The molecule has 13 heteroatoms. The number of halogens is 1. The molecule has 0 fully saturated rings. The first kappa shape index (κ1) is 28.5. The van der Waals surface area contributed by atoms with E-state index in [1.165, 1.54) is 30.2 Å². The smallest absolute Gasteiger partial charge is 0.234 e. The number of carbonyl (C=O) groups excluding carboxylic acids is 2. The highest BCUT2D eigenvalue weighted by molar-refractivity contribution is 8.01. The molecule has 1 amide bonds. The first-order valence-corrected chi connectivity index (χ1v) is 14.7. The number of ketones is 1. The number of hydrogen-bond acceptors (Lipinski definition) is 11. The number of anilines is 2. The summed E-state index contributed by atoms with van der Waals surface area (Å²) in [6, 6.07) is 14.3. The molecular weight excluding hydrogens is 584 g/mol. The molecule has 0 spiro atoms. The summed E-state index contributed by atoms with van der Waals surface area (Å²) >= 11 is 8.36. The van der Waals surface area contributed by atoms with E-state index in [9.17, 15) is 14.9 Å². The third-order valence-electron chi connectivity index (χ3n) is 6.70. The van der Waals surface area contributed by atoms with Gasteiger partial charge in [-0.25, -0.2) is 0 Å². The van der Waals surface area contributed by atoms with Crippen molar-refractivity contribution >= 4 is 57.2 Å². The van der Waals surface area contributed by atoms with Crippen molar-refractivity contribution < 1.29 is 19.1 Å². The Balaban J connectivity index is 1.46. The van der Waals surface area contributed by atoms with E-state index in [-0.39, 0.29) is 28.8 Å². The maximum Gasteiger partial charge on any atom is 0.234 e. The Morgan fingerprint density at radius 2 is 2.00 bits per heavy atom. The van der Waals surface area contributed by atoms with E-state index in [1.807, 2.05) is 0 Å². The summed E-state index contributed by atoms with van der Waals surface area (Å²) in [6.45, 7) is 0. The number of thioether (sulfide) groups is 1. The lowest BCUT2D eigenvalue weighted by molar-refractivity contribution is -0.116. The van der Waals surface area contributed by atoms with Gasteiger partial charge < -0.3 is 20.5 Å². The van der Waals surface area contributed by atoms with Gasteiger partial charge in [-0.2, -0.15) is 5.26 Å². The number of Topliss-reactive ketones (excluding diaryl/α,β-unsaturated/α-hetero) is 1. The number of nitrogens with two attached hydrogens (primary N) is 1. The predicted molar refractivity (Wildman–Crippen MR) is 158 cm³/mol. The third kappa shape index (κ3) is 5.74. The molecule has 2 aliphatic rings. The van der Waals surface area contributed by atoms with Crippen LogP contribution in [-0.2, 0) is 9.59 Å². The molecule has 1 atom stereocenters. The van der Waals surface area contributed by atoms with E-state index in [0.29, 0.717) is 67.8 Å². The molecule has 3 N–H and O–H groups in total. The fourth-order valence-corrected chi connectivity index (χ4v) is 6.70. The second kappa shape index (κ2) is 12.2. The average molecular weight is 609 g/mol. The Morgan fingerprint density at radius 3 is 2.71 bits per heavy atom. The molecule has 5 rings (SSSR count). The van der Waals surface area contributed by atoms with Crippen LogP contribution >= 0.6 is 34.7 Å². The van der Waals surface area contributed by atoms with Crippen LogP contribution in [0.4, 0.5) is 10.8 Å². The van der Waals surface area contributed by atoms with Crippen LogP contribution in [0, 0.1) is 11.3 Å². The summed E-state index contributed by atoms with van der Waals surface area (Å²) in [5.74, 6) is 0.361. The summed E-state index contributed by atoms with van der Waals surface area (Å²) in [5.41, 5.74) is 9.29. The average Bonchev–Trinajstić information content (AvgIpc) is 3.45. The molecule has 1 aromatic heterocycles. The Labute approximate surface area is 249 Å². The molecule has 2 aromatic carbocycles. The van der Waals surface area contributed by atoms with E-state index >= 15 is 0 Å². The number of aromatic nitrogens is 2. The van der Waals surface area contributed by atoms with Crippen molar-refractivity contribution in [1.82, 2.24) is 10.2 Å². The molecule has 1 unspecified atom stereocenters. The number of methoxy groups -OCH3 is 2. The van der Waals surface area contributed by atoms with Gasteiger partial charge in [0.2, 0.25) is 11.0 Å². The van der Waals surface area contributed by atoms with Crippen molar-refractivity contribution in [2.45, 2.75) is 29.5 Å². The fraction of sp³-hybridized carbons (Fsp3) is 0.250. The Hall–Kier alpha value is -4.05. The molecule has 41 heavy (non-hydrogen) atoms. The largest absolute Gasteiger partial charge is 0.497 e. The van der Waals surface area contributed by atoms with Crippen LogP contribution in [0.3, 0.4) is 0 Å². The number of benzene rings is 2. The quantitative estimate of drug-likeness (QED) is 0.326. The van der Waals surface area contributed by atoms with Crippen LogP contribution in [0.1, 0.15) is 30.7 Å². The van der Waals surface area contributed by atoms with E-state index in [2.05, 4.69) is 21.6 Å². The molecule has 0 saturated heterocycles. The topological polar surface area (TPSA) is 143 Å². The molecule has 210 valence electrons. The summed E-state index contributed by atoms with van der Waals surface area (Å²) in [4.78, 5) is 27.6. The minimum absolute atomic E-state index is 0.0654. The van der Waals surface area contributed by atoms with Gasteiger partial charge in [0, 0.05) is 34.0 Å². The van der Waals surface area contributed by atoms with Crippen LogP contribution in [-0.4, -0.2) is 41.9 Å². The standard InChI is InChI=1S/C28H25ClN6O4S2/c1-38-17-10-11-22(39-2)18(12-17)24-19(13-30)26(31)35(20-4-3-5-21(36)25(20)24)27-33-34-28(41-27)40-14-23(37)32-16-8-6-15(29)7-9-16/h6-12,24H,3-5,14,31H2,1-2H3,(H,32,37). The molecular formula is C28H25ClN6O4S2. The van der Waals surface area contributed by atoms with E-state index in [0.717, 1.165) is 0 Å². The molecule has 10 nitrogen and oxygen atoms in total. The Morgan fingerprint density at radius 1 is 1.22 bits per heavy atom. The number of nitrogens with one attached hydrogen (secondary N) is 1. The Kier molecular flexibility index (Phi) is 8.49. The minimum atomic E-state index is -0.720. The molecule has 2 heterocycles. The van der Waals surface area contributed by atoms with Gasteiger partial charge >= 0.3 is 0 Å². The second-order valence-corrected chi connectivity index (χ2v) is 11.7. The molecule has 0 saturated carbocycles. The van der Waals surface area contributed by atoms with Crippen molar-refractivity contribution in [2.75, 3.05) is 30.2 Å². The maximum atomic E-state index is 13.4. The summed E-state index contributed by atoms with van der Waals surface area (Å²) < 4.78 is 11.6. The van der Waals surface area contributed by atoms with Gasteiger partial charge in [-0.05, 0) is 55.3 Å². The summed E-state index contributed by atoms with van der Waals surface area (Å²) in [5, 5.41) is 22.7. The lowest BCUT2D eigenvalue weighted by atomic mass is 9.75. The number of amides is 1. The number of carbonyl (C=O) groups is 2. The van der Waals surface area contributed by atoms with Crippen LogP contribution in [0.15, 0.2) is 69.5 Å². The number of rotatable bonds is 8. The SMILES string of the molecule is COc1ccc(OC)c(C2C(C#N)=C(N)N(c3nnc(SCC(=O)Nc4ccc(Cl)cc4)s3)C3=C2C(=O)CCC3)c1. The molecule has 3 aromatic rings. The van der Waals surface area contributed by atoms with Gasteiger partial charge in [0.15, 0.2) is 10.1 Å². The van der Waals surface area contributed by atoms with Crippen LogP contribution < -0.4 is 25.4 Å². The maximum absolute atomic E-state index is 13.4. The minimum Gasteiger partial charge on any atom is -0.497 e. The van der Waals surface area contributed by atoms with Crippen molar-refractivity contribution in [3.8, 4) is 17.6 Å². The van der Waals surface area contributed by atoms with Gasteiger partial charge in [0.25, 0.3) is 0 Å². The van der Waals surface area contributed by atoms with Gasteiger partial charge in [-0.15, -0.1) is 10.2 Å². The van der Waals surface area contributed by atoms with E-state index in [1.54, 1.807) is 54.5 Å². The normalized spacial score (nSPS) is 16.8. The number of hydrogen-bond donors (Lipinski definition) is 2. The van der Waals surface area contributed by atoms with Gasteiger partial charge in [-0.1, -0.05) is 34.7 Å². The van der Waals surface area contributed by atoms with Crippen molar-refractivity contribution in [1.29, 1.82) is 5.26 Å². The van der Waals surface area contributed by atoms with E-state index in [4.69, 9.17) is 26.8 Å². The summed E-state index contributed by atoms with van der Waals surface area (Å²) in [7, 11) is 3.08. The van der Waals surface area contributed by atoms with Crippen LogP contribution in [0.25, 0.3) is 0 Å². The first-order chi connectivity index (χ1) is 19.8. The predicted octanol–water partition coefficient (Wildman–Crippen LogP) is 5.24. The number of nitrogens with zero attached hydrogens (tertiary/aromatic N) is 4. The van der Waals surface area contributed by atoms with Crippen molar-refractivity contribution in [3.63, 3.8) is 0 Å². The highest BCUT2D eigenvalue weighted by Gasteiger charge is 2.42. The third-order valence-corrected chi connectivity index (χ3v) is 9.00. The lowest BCUT2D eigenvalue weighted by Crippen LogP contribution is -2.38. The highest BCUT2D eigenvalue weighted by atomic mass is 35.5. The zero-order chi connectivity index (χ0) is 29.1.